The molecule has 3 N–H and O–H groups in total. The highest BCUT2D eigenvalue weighted by Crippen LogP contribution is 2.23. The van der Waals surface area contributed by atoms with Crippen LogP contribution in [0.15, 0.2) is 12.3 Å². The molecule has 0 spiro atoms. The fourth-order valence-electron chi connectivity index (χ4n) is 1.80. The van der Waals surface area contributed by atoms with E-state index in [0.717, 1.165) is 0 Å². The van der Waals surface area contributed by atoms with Gasteiger partial charge in [-0.05, 0) is 25.8 Å². The van der Waals surface area contributed by atoms with Gasteiger partial charge in [0.15, 0.2) is 0 Å². The number of hydrogen-bond donors (Lipinski definition) is 2. The Morgan fingerprint density at radius 1 is 1.38 bits per heavy atom. The molecular formula is C15H25N3O3. The van der Waals surface area contributed by atoms with Gasteiger partial charge in [-0.2, -0.15) is 0 Å². The third kappa shape index (κ3) is 4.90. The summed E-state index contributed by atoms with van der Waals surface area (Å²) in [5, 5.41) is 3.25. The molecule has 1 aromatic rings. The number of hydrogen-bond acceptors (Lipinski definition) is 6. The van der Waals surface area contributed by atoms with Crippen molar-refractivity contribution < 1.29 is 14.3 Å². The minimum atomic E-state index is -0.439. The van der Waals surface area contributed by atoms with E-state index in [2.05, 4.69) is 24.1 Å². The first-order valence-electron chi connectivity index (χ1n) is 7.27. The smallest absolute Gasteiger partial charge is 0.340 e. The van der Waals surface area contributed by atoms with Crippen molar-refractivity contribution in [3.63, 3.8) is 0 Å². The number of esters is 1. The second-order valence-electron chi connectivity index (χ2n) is 5.00. The molecule has 0 aliphatic heterocycles. The molecule has 1 rings (SSSR count). The number of carbonyl (C=O) groups is 1. The van der Waals surface area contributed by atoms with Crippen molar-refractivity contribution in [3.05, 3.63) is 17.8 Å². The van der Waals surface area contributed by atoms with Crippen molar-refractivity contribution in [1.82, 2.24) is 4.98 Å². The lowest BCUT2D eigenvalue weighted by Gasteiger charge is -2.23. The summed E-state index contributed by atoms with van der Waals surface area (Å²) in [5.41, 5.74) is 6.66. The molecule has 0 bridgehead atoms. The number of anilines is 2. The normalized spacial score (nSPS) is 12.2. The number of carbonyl (C=O) groups excluding carboxylic acids is 1. The molecule has 0 saturated carbocycles. The van der Waals surface area contributed by atoms with Gasteiger partial charge >= 0.3 is 5.97 Å². The molecule has 6 nitrogen and oxygen atoms in total. The van der Waals surface area contributed by atoms with Crippen molar-refractivity contribution in [2.24, 2.45) is 5.92 Å². The van der Waals surface area contributed by atoms with Crippen LogP contribution in [0.1, 0.15) is 38.1 Å². The van der Waals surface area contributed by atoms with E-state index < -0.39 is 5.97 Å². The second kappa shape index (κ2) is 8.46. The molecule has 0 aliphatic carbocycles. The van der Waals surface area contributed by atoms with Gasteiger partial charge in [-0.25, -0.2) is 9.78 Å². The van der Waals surface area contributed by atoms with Gasteiger partial charge in [0.25, 0.3) is 0 Å². The lowest BCUT2D eigenvalue weighted by molar-refractivity contribution is 0.0527. The Kier molecular flexibility index (Phi) is 6.94. The molecule has 1 aromatic heterocycles. The molecule has 0 amide bonds. The zero-order valence-electron chi connectivity index (χ0n) is 13.2. The van der Waals surface area contributed by atoms with Gasteiger partial charge in [-0.3, -0.25) is 0 Å². The molecule has 0 aliphatic rings. The minimum Gasteiger partial charge on any atom is -0.462 e. The number of pyridine rings is 1. The fraction of sp³-hybridized carbons (Fsp3) is 0.600. The van der Waals surface area contributed by atoms with Crippen LogP contribution < -0.4 is 11.1 Å². The summed E-state index contributed by atoms with van der Waals surface area (Å²) in [7, 11) is 0. The summed E-state index contributed by atoms with van der Waals surface area (Å²) in [6.07, 6.45) is 1.54. The van der Waals surface area contributed by atoms with Gasteiger partial charge in [0.2, 0.25) is 0 Å². The van der Waals surface area contributed by atoms with Crippen LogP contribution in [0.5, 0.6) is 0 Å². The molecule has 0 radical (unpaired) electrons. The third-order valence-electron chi connectivity index (χ3n) is 3.11. The summed E-state index contributed by atoms with van der Waals surface area (Å²) in [6.45, 7) is 9.39. The summed E-state index contributed by atoms with van der Waals surface area (Å²) in [5.74, 6) is 0.384. The first kappa shape index (κ1) is 17.2. The van der Waals surface area contributed by atoms with E-state index in [9.17, 15) is 4.79 Å². The number of nitrogen functional groups attached to an aromatic ring is 1. The summed E-state index contributed by atoms with van der Waals surface area (Å²) in [4.78, 5) is 16.0. The average Bonchev–Trinajstić information content (AvgIpc) is 2.44. The van der Waals surface area contributed by atoms with Crippen LogP contribution in [0.3, 0.4) is 0 Å². The molecule has 118 valence electrons. The van der Waals surface area contributed by atoms with Crippen molar-refractivity contribution in [1.29, 1.82) is 0 Å². The van der Waals surface area contributed by atoms with Crippen LogP contribution in [0, 0.1) is 5.92 Å². The molecule has 1 unspecified atom stereocenters. The number of aromatic nitrogens is 1. The molecule has 6 heteroatoms. The Bertz CT molecular complexity index is 463. The lowest BCUT2D eigenvalue weighted by Crippen LogP contribution is -2.32. The van der Waals surface area contributed by atoms with Crippen LogP contribution in [0.25, 0.3) is 0 Å². The van der Waals surface area contributed by atoms with Gasteiger partial charge in [-0.15, -0.1) is 0 Å². The van der Waals surface area contributed by atoms with Crippen LogP contribution in [0.2, 0.25) is 0 Å². The number of rotatable bonds is 8. The van der Waals surface area contributed by atoms with Crippen LogP contribution >= 0.6 is 0 Å². The molecule has 0 fully saturated rings. The Morgan fingerprint density at radius 3 is 2.67 bits per heavy atom. The first-order chi connectivity index (χ1) is 10.0. The van der Waals surface area contributed by atoms with Crippen molar-refractivity contribution in [2.75, 3.05) is 30.9 Å². The lowest BCUT2D eigenvalue weighted by atomic mass is 10.1. The highest BCUT2D eigenvalue weighted by Gasteiger charge is 2.19. The topological polar surface area (TPSA) is 86.5 Å². The molecule has 21 heavy (non-hydrogen) atoms. The highest BCUT2D eigenvalue weighted by atomic mass is 16.5. The maximum absolute atomic E-state index is 11.8. The monoisotopic (exact) mass is 295 g/mol. The number of ether oxygens (including phenoxy) is 2. The maximum Gasteiger partial charge on any atom is 0.340 e. The van der Waals surface area contributed by atoms with Crippen molar-refractivity contribution in [2.45, 2.75) is 33.7 Å². The quantitative estimate of drug-likeness (QED) is 0.716. The summed E-state index contributed by atoms with van der Waals surface area (Å²) >= 11 is 0. The van der Waals surface area contributed by atoms with E-state index >= 15 is 0 Å². The zero-order chi connectivity index (χ0) is 15.8. The van der Waals surface area contributed by atoms with Gasteiger partial charge in [0.05, 0.1) is 30.5 Å². The van der Waals surface area contributed by atoms with Gasteiger partial charge in [-0.1, -0.05) is 13.8 Å². The fourth-order valence-corrected chi connectivity index (χ4v) is 1.80. The van der Waals surface area contributed by atoms with Gasteiger partial charge < -0.3 is 20.5 Å². The van der Waals surface area contributed by atoms with Crippen molar-refractivity contribution in [3.8, 4) is 0 Å². The third-order valence-corrected chi connectivity index (χ3v) is 3.11. The van der Waals surface area contributed by atoms with E-state index in [1.165, 1.54) is 0 Å². The van der Waals surface area contributed by atoms with Crippen LogP contribution in [-0.2, 0) is 9.47 Å². The van der Waals surface area contributed by atoms with Gasteiger partial charge in [0.1, 0.15) is 5.82 Å². The SMILES string of the molecule is CCOCC(Nc1nccc(C(=O)OCC)c1N)C(C)C. The predicted octanol–water partition coefficient (Wildman–Crippen LogP) is 2.31. The molecule has 0 aromatic carbocycles. The van der Waals surface area contributed by atoms with Gasteiger partial charge in [0, 0.05) is 12.8 Å². The average molecular weight is 295 g/mol. The molecule has 1 heterocycles. The molecule has 0 saturated heterocycles. The Hall–Kier alpha value is -1.82. The predicted molar refractivity (Wildman–Crippen MR) is 83.3 cm³/mol. The first-order valence-corrected chi connectivity index (χ1v) is 7.27. The standard InChI is InChI=1S/C15H25N3O3/c1-5-20-9-12(10(3)4)18-14-13(16)11(7-8-17-14)15(19)21-6-2/h7-8,10,12H,5-6,9,16H2,1-4H3,(H,17,18). The Balaban J connectivity index is 2.91. The number of nitrogens with two attached hydrogens (primary N) is 1. The maximum atomic E-state index is 11.8. The van der Waals surface area contributed by atoms with E-state index in [-0.39, 0.29) is 6.04 Å². The second-order valence-corrected chi connectivity index (χ2v) is 5.00. The van der Waals surface area contributed by atoms with Crippen LogP contribution in [0.4, 0.5) is 11.5 Å². The largest absolute Gasteiger partial charge is 0.462 e. The van der Waals surface area contributed by atoms with E-state index in [0.29, 0.717) is 42.8 Å². The van der Waals surface area contributed by atoms with E-state index in [1.807, 2.05) is 6.92 Å². The molecule has 1 atom stereocenters. The Morgan fingerprint density at radius 2 is 2.10 bits per heavy atom. The highest BCUT2D eigenvalue weighted by molar-refractivity contribution is 5.97. The zero-order valence-corrected chi connectivity index (χ0v) is 13.2. The van der Waals surface area contributed by atoms with Crippen molar-refractivity contribution >= 4 is 17.5 Å². The van der Waals surface area contributed by atoms with E-state index in [4.69, 9.17) is 15.2 Å². The number of nitrogens with one attached hydrogen (secondary N) is 1. The summed E-state index contributed by atoms with van der Waals surface area (Å²) in [6, 6.07) is 1.63. The van der Waals surface area contributed by atoms with E-state index in [1.54, 1.807) is 19.2 Å². The number of nitrogens with zero attached hydrogens (tertiary/aromatic N) is 1. The summed E-state index contributed by atoms with van der Waals surface area (Å²) < 4.78 is 10.4. The molecular weight excluding hydrogens is 270 g/mol. The minimum absolute atomic E-state index is 0.0668. The van der Waals surface area contributed by atoms with Crippen LogP contribution in [-0.4, -0.2) is 36.8 Å². The Labute approximate surface area is 126 Å².